The largest absolute Gasteiger partial charge is 0.323 e. The predicted molar refractivity (Wildman–Crippen MR) is 87.9 cm³/mol. The predicted octanol–water partition coefficient (Wildman–Crippen LogP) is 3.96. The Morgan fingerprint density at radius 2 is 1.65 bits per heavy atom. The molecule has 1 atom stereocenters. The van der Waals surface area contributed by atoms with Crippen molar-refractivity contribution in [1.82, 2.24) is 4.90 Å². The molecule has 0 saturated heterocycles. The van der Waals surface area contributed by atoms with Crippen LogP contribution >= 0.6 is 0 Å². The monoisotopic (exact) mass is 270 g/mol. The molecule has 2 heteroatoms. The molecule has 0 aromatic heterocycles. The highest BCUT2D eigenvalue weighted by Crippen LogP contribution is 2.24. The van der Waals surface area contributed by atoms with Crippen LogP contribution in [-0.4, -0.2) is 24.5 Å². The topological polar surface area (TPSA) is 29.3 Å². The smallest absolute Gasteiger partial charge is 0.0430 e. The van der Waals surface area contributed by atoms with Crippen LogP contribution < -0.4 is 5.73 Å². The van der Waals surface area contributed by atoms with Gasteiger partial charge in [-0.1, -0.05) is 56.3 Å². The summed E-state index contributed by atoms with van der Waals surface area (Å²) in [6, 6.07) is 15.6. The van der Waals surface area contributed by atoms with E-state index in [0.717, 1.165) is 6.54 Å². The zero-order valence-electron chi connectivity index (χ0n) is 12.8. The second-order valence-corrected chi connectivity index (χ2v) is 5.58. The number of nitrogens with two attached hydrogens (primary N) is 1. The van der Waals surface area contributed by atoms with E-state index in [1.54, 1.807) is 0 Å². The average molecular weight is 270 g/mol. The van der Waals surface area contributed by atoms with Crippen molar-refractivity contribution in [2.24, 2.45) is 5.73 Å². The molecule has 0 aliphatic heterocycles. The highest BCUT2D eigenvalue weighted by molar-refractivity contribution is 5.86. The summed E-state index contributed by atoms with van der Waals surface area (Å²) in [7, 11) is 2.18. The van der Waals surface area contributed by atoms with Gasteiger partial charge in [-0.25, -0.2) is 0 Å². The first-order valence-corrected chi connectivity index (χ1v) is 7.60. The molecule has 2 rings (SSSR count). The van der Waals surface area contributed by atoms with Gasteiger partial charge in [-0.3, -0.25) is 0 Å². The van der Waals surface area contributed by atoms with Crippen LogP contribution in [0, 0.1) is 0 Å². The maximum absolute atomic E-state index is 6.47. The van der Waals surface area contributed by atoms with Gasteiger partial charge in [0.2, 0.25) is 0 Å². The zero-order chi connectivity index (χ0) is 14.5. The molecule has 0 fully saturated rings. The molecular formula is C18H26N2. The van der Waals surface area contributed by atoms with E-state index in [2.05, 4.69) is 68.3 Å². The van der Waals surface area contributed by atoms with E-state index in [9.17, 15) is 0 Å². The Morgan fingerprint density at radius 3 is 2.35 bits per heavy atom. The normalized spacial score (nSPS) is 13.3. The molecule has 0 spiro atoms. The second-order valence-electron chi connectivity index (χ2n) is 5.58. The SMILES string of the molecule is CCC(CC)N(C)CC(N)c1cccc2ccccc12. The number of likely N-dealkylation sites (N-methyl/N-ethyl adjacent to an activating group) is 1. The first kappa shape index (κ1) is 15.0. The van der Waals surface area contributed by atoms with Crippen molar-refractivity contribution >= 4 is 10.8 Å². The molecule has 0 saturated carbocycles. The second kappa shape index (κ2) is 6.87. The van der Waals surface area contributed by atoms with Crippen molar-refractivity contribution in [2.75, 3.05) is 13.6 Å². The maximum Gasteiger partial charge on any atom is 0.0430 e. The lowest BCUT2D eigenvalue weighted by Crippen LogP contribution is -2.36. The summed E-state index contributed by atoms with van der Waals surface area (Å²) < 4.78 is 0. The molecule has 108 valence electrons. The molecule has 0 heterocycles. The van der Waals surface area contributed by atoms with Crippen LogP contribution in [0.25, 0.3) is 10.8 Å². The van der Waals surface area contributed by atoms with Crippen LogP contribution in [0.5, 0.6) is 0 Å². The Balaban J connectivity index is 2.21. The quantitative estimate of drug-likeness (QED) is 0.861. The molecule has 2 N–H and O–H groups in total. The van der Waals surface area contributed by atoms with Crippen molar-refractivity contribution in [1.29, 1.82) is 0 Å². The number of rotatable bonds is 6. The summed E-state index contributed by atoms with van der Waals surface area (Å²) in [5, 5.41) is 2.55. The van der Waals surface area contributed by atoms with Gasteiger partial charge in [-0.05, 0) is 36.2 Å². The van der Waals surface area contributed by atoms with Crippen LogP contribution in [0.3, 0.4) is 0 Å². The summed E-state index contributed by atoms with van der Waals surface area (Å²) in [6.45, 7) is 5.39. The van der Waals surface area contributed by atoms with Crippen LogP contribution in [0.2, 0.25) is 0 Å². The standard InChI is InChI=1S/C18H26N2/c1-4-15(5-2)20(3)13-18(19)17-12-8-10-14-9-6-7-11-16(14)17/h6-12,15,18H,4-5,13,19H2,1-3H3. The minimum absolute atomic E-state index is 0.0618. The molecule has 1 unspecified atom stereocenters. The van der Waals surface area contributed by atoms with E-state index in [1.165, 1.54) is 29.2 Å². The van der Waals surface area contributed by atoms with Gasteiger partial charge in [0.25, 0.3) is 0 Å². The van der Waals surface area contributed by atoms with E-state index < -0.39 is 0 Å². The minimum Gasteiger partial charge on any atom is -0.323 e. The lowest BCUT2D eigenvalue weighted by molar-refractivity contribution is 0.217. The maximum atomic E-state index is 6.47. The summed E-state index contributed by atoms with van der Waals surface area (Å²) in [6.07, 6.45) is 2.35. The molecule has 0 amide bonds. The Kier molecular flexibility index (Phi) is 5.16. The van der Waals surface area contributed by atoms with Crippen molar-refractivity contribution in [2.45, 2.75) is 38.8 Å². The fraction of sp³-hybridized carbons (Fsp3) is 0.444. The van der Waals surface area contributed by atoms with Crippen molar-refractivity contribution in [3.05, 3.63) is 48.0 Å². The van der Waals surface area contributed by atoms with Crippen LogP contribution in [-0.2, 0) is 0 Å². The molecule has 2 aromatic rings. The van der Waals surface area contributed by atoms with E-state index in [-0.39, 0.29) is 6.04 Å². The number of hydrogen-bond acceptors (Lipinski definition) is 2. The lowest BCUT2D eigenvalue weighted by Gasteiger charge is -2.29. The Labute approximate surface area is 122 Å². The summed E-state index contributed by atoms with van der Waals surface area (Å²) in [5.41, 5.74) is 7.72. The molecular weight excluding hydrogens is 244 g/mol. The van der Waals surface area contributed by atoms with Gasteiger partial charge in [0.15, 0.2) is 0 Å². The molecule has 0 radical (unpaired) electrons. The fourth-order valence-corrected chi connectivity index (χ4v) is 3.04. The van der Waals surface area contributed by atoms with Crippen molar-refractivity contribution in [3.8, 4) is 0 Å². The van der Waals surface area contributed by atoms with Crippen molar-refractivity contribution < 1.29 is 0 Å². The van der Waals surface area contributed by atoms with E-state index in [4.69, 9.17) is 5.73 Å². The third kappa shape index (κ3) is 3.20. The molecule has 0 aliphatic rings. The lowest BCUT2D eigenvalue weighted by atomic mass is 9.98. The molecule has 20 heavy (non-hydrogen) atoms. The highest BCUT2D eigenvalue weighted by atomic mass is 15.1. The zero-order valence-corrected chi connectivity index (χ0v) is 12.8. The first-order chi connectivity index (χ1) is 9.67. The third-order valence-corrected chi connectivity index (χ3v) is 4.27. The average Bonchev–Trinajstić information content (AvgIpc) is 2.47. The summed E-state index contributed by atoms with van der Waals surface area (Å²) in [5.74, 6) is 0. The van der Waals surface area contributed by atoms with Crippen LogP contribution in [0.15, 0.2) is 42.5 Å². The van der Waals surface area contributed by atoms with E-state index in [1.807, 2.05) is 0 Å². The number of hydrogen-bond donors (Lipinski definition) is 1. The van der Waals surface area contributed by atoms with Gasteiger partial charge in [0.1, 0.15) is 0 Å². The van der Waals surface area contributed by atoms with Crippen LogP contribution in [0.1, 0.15) is 38.3 Å². The molecule has 2 nitrogen and oxygen atoms in total. The minimum atomic E-state index is 0.0618. The first-order valence-electron chi connectivity index (χ1n) is 7.60. The number of fused-ring (bicyclic) bond motifs is 1. The van der Waals surface area contributed by atoms with Crippen LogP contribution in [0.4, 0.5) is 0 Å². The van der Waals surface area contributed by atoms with Gasteiger partial charge in [-0.2, -0.15) is 0 Å². The van der Waals surface area contributed by atoms with E-state index in [0.29, 0.717) is 6.04 Å². The molecule has 2 aromatic carbocycles. The fourth-order valence-electron chi connectivity index (χ4n) is 3.04. The Bertz CT molecular complexity index is 541. The van der Waals surface area contributed by atoms with Gasteiger partial charge in [-0.15, -0.1) is 0 Å². The molecule has 0 aliphatic carbocycles. The summed E-state index contributed by atoms with van der Waals surface area (Å²) >= 11 is 0. The number of benzene rings is 2. The van der Waals surface area contributed by atoms with Gasteiger partial charge < -0.3 is 10.6 Å². The third-order valence-electron chi connectivity index (χ3n) is 4.27. The van der Waals surface area contributed by atoms with Gasteiger partial charge in [0.05, 0.1) is 0 Å². The highest BCUT2D eigenvalue weighted by Gasteiger charge is 2.16. The molecule has 0 bridgehead atoms. The van der Waals surface area contributed by atoms with Crippen molar-refractivity contribution in [3.63, 3.8) is 0 Å². The summed E-state index contributed by atoms with van der Waals surface area (Å²) in [4.78, 5) is 2.40. The van der Waals surface area contributed by atoms with Gasteiger partial charge >= 0.3 is 0 Å². The Morgan fingerprint density at radius 1 is 1.00 bits per heavy atom. The van der Waals surface area contributed by atoms with Gasteiger partial charge in [0, 0.05) is 18.6 Å². The van der Waals surface area contributed by atoms with E-state index >= 15 is 0 Å². The Hall–Kier alpha value is -1.38. The number of nitrogens with zero attached hydrogens (tertiary/aromatic N) is 1.